The standard InChI is InChI=1S/C19H31N7O/c1-2-26-18(16-25-7-3-6-20-25)21-22-19(26)17-4-8-23(9-5-17)10-11-24-12-14-27-15-13-24/h3,6-7,17H,2,4-5,8-16H2,1H3. The minimum atomic E-state index is 0.517. The first kappa shape index (κ1) is 18.6. The highest BCUT2D eigenvalue weighted by Crippen LogP contribution is 2.27. The normalized spacial score (nSPS) is 20.3. The molecular formula is C19H31N7O. The van der Waals surface area contributed by atoms with Gasteiger partial charge in [0.05, 0.1) is 13.2 Å². The Morgan fingerprint density at radius 2 is 1.78 bits per heavy atom. The van der Waals surface area contributed by atoms with Gasteiger partial charge >= 0.3 is 0 Å². The average Bonchev–Trinajstić information content (AvgIpc) is 3.38. The van der Waals surface area contributed by atoms with E-state index < -0.39 is 0 Å². The van der Waals surface area contributed by atoms with Gasteiger partial charge in [0.25, 0.3) is 0 Å². The van der Waals surface area contributed by atoms with Crippen molar-refractivity contribution >= 4 is 0 Å². The Balaban J connectivity index is 1.30. The van der Waals surface area contributed by atoms with Crippen molar-refractivity contribution in [3.63, 3.8) is 0 Å². The van der Waals surface area contributed by atoms with E-state index in [0.29, 0.717) is 12.5 Å². The second-order valence-corrected chi connectivity index (χ2v) is 7.49. The van der Waals surface area contributed by atoms with Crippen molar-refractivity contribution in [1.29, 1.82) is 0 Å². The third kappa shape index (κ3) is 4.56. The number of aromatic nitrogens is 5. The Bertz CT molecular complexity index is 685. The van der Waals surface area contributed by atoms with Gasteiger partial charge in [0, 0.05) is 51.0 Å². The van der Waals surface area contributed by atoms with E-state index in [1.54, 1.807) is 6.20 Å². The average molecular weight is 374 g/mol. The molecule has 0 unspecified atom stereocenters. The van der Waals surface area contributed by atoms with E-state index >= 15 is 0 Å². The molecule has 0 amide bonds. The smallest absolute Gasteiger partial charge is 0.154 e. The van der Waals surface area contributed by atoms with Gasteiger partial charge in [0.15, 0.2) is 5.82 Å². The Morgan fingerprint density at radius 3 is 2.44 bits per heavy atom. The largest absolute Gasteiger partial charge is 0.379 e. The fraction of sp³-hybridized carbons (Fsp3) is 0.737. The summed E-state index contributed by atoms with van der Waals surface area (Å²) in [5.74, 6) is 2.68. The number of hydrogen-bond donors (Lipinski definition) is 0. The van der Waals surface area contributed by atoms with Gasteiger partial charge in [-0.1, -0.05) is 0 Å². The molecule has 8 heteroatoms. The van der Waals surface area contributed by atoms with Crippen molar-refractivity contribution in [3.8, 4) is 0 Å². The molecule has 8 nitrogen and oxygen atoms in total. The maximum absolute atomic E-state index is 5.44. The lowest BCUT2D eigenvalue weighted by Crippen LogP contribution is -2.43. The van der Waals surface area contributed by atoms with E-state index in [2.05, 4.69) is 36.6 Å². The van der Waals surface area contributed by atoms with Gasteiger partial charge in [-0.2, -0.15) is 5.10 Å². The summed E-state index contributed by atoms with van der Waals surface area (Å²) in [5.41, 5.74) is 0. The second kappa shape index (κ2) is 8.95. The van der Waals surface area contributed by atoms with Crippen LogP contribution in [0.15, 0.2) is 18.5 Å². The molecule has 4 heterocycles. The molecule has 27 heavy (non-hydrogen) atoms. The van der Waals surface area contributed by atoms with Gasteiger partial charge in [0.1, 0.15) is 12.4 Å². The van der Waals surface area contributed by atoms with Crippen molar-refractivity contribution < 1.29 is 4.74 Å². The summed E-state index contributed by atoms with van der Waals surface area (Å²) in [4.78, 5) is 5.12. The van der Waals surface area contributed by atoms with Crippen molar-refractivity contribution in [2.24, 2.45) is 0 Å². The Hall–Kier alpha value is -1.77. The summed E-state index contributed by atoms with van der Waals surface area (Å²) in [6, 6.07) is 1.94. The first-order valence-electron chi connectivity index (χ1n) is 10.3. The van der Waals surface area contributed by atoms with E-state index in [-0.39, 0.29) is 0 Å². The van der Waals surface area contributed by atoms with Crippen LogP contribution in [0.3, 0.4) is 0 Å². The Kier molecular flexibility index (Phi) is 6.16. The van der Waals surface area contributed by atoms with Crippen molar-refractivity contribution in [3.05, 3.63) is 30.1 Å². The highest BCUT2D eigenvalue weighted by atomic mass is 16.5. The number of piperidine rings is 1. The fourth-order valence-electron chi connectivity index (χ4n) is 4.17. The van der Waals surface area contributed by atoms with Crippen LogP contribution in [0.5, 0.6) is 0 Å². The van der Waals surface area contributed by atoms with Crippen LogP contribution in [0.25, 0.3) is 0 Å². The summed E-state index contributed by atoms with van der Waals surface area (Å²) < 4.78 is 9.63. The predicted octanol–water partition coefficient (Wildman–Crippen LogP) is 1.05. The lowest BCUT2D eigenvalue weighted by molar-refractivity contribution is 0.0320. The van der Waals surface area contributed by atoms with Crippen LogP contribution in [-0.2, 0) is 17.8 Å². The number of likely N-dealkylation sites (tertiary alicyclic amines) is 1. The van der Waals surface area contributed by atoms with Gasteiger partial charge in [0.2, 0.25) is 0 Å². The Labute approximate surface area is 161 Å². The summed E-state index contributed by atoms with van der Waals surface area (Å²) in [5, 5.41) is 13.3. The monoisotopic (exact) mass is 373 g/mol. The highest BCUT2D eigenvalue weighted by molar-refractivity contribution is 5.04. The molecular weight excluding hydrogens is 342 g/mol. The molecule has 0 spiro atoms. The molecule has 2 aromatic heterocycles. The van der Waals surface area contributed by atoms with Crippen LogP contribution < -0.4 is 0 Å². The summed E-state index contributed by atoms with van der Waals surface area (Å²) >= 11 is 0. The molecule has 4 rings (SSSR count). The van der Waals surface area contributed by atoms with Crippen LogP contribution >= 0.6 is 0 Å². The molecule has 2 aliphatic heterocycles. The van der Waals surface area contributed by atoms with E-state index in [4.69, 9.17) is 4.74 Å². The van der Waals surface area contributed by atoms with E-state index in [0.717, 1.165) is 70.7 Å². The van der Waals surface area contributed by atoms with Crippen molar-refractivity contribution in [2.45, 2.75) is 38.8 Å². The zero-order valence-electron chi connectivity index (χ0n) is 16.3. The van der Waals surface area contributed by atoms with Crippen LogP contribution in [0.2, 0.25) is 0 Å². The number of rotatable bonds is 7. The highest BCUT2D eigenvalue weighted by Gasteiger charge is 2.26. The second-order valence-electron chi connectivity index (χ2n) is 7.49. The van der Waals surface area contributed by atoms with Crippen molar-refractivity contribution in [2.75, 3.05) is 52.5 Å². The van der Waals surface area contributed by atoms with Crippen LogP contribution in [-0.4, -0.2) is 86.8 Å². The van der Waals surface area contributed by atoms with E-state index in [1.165, 1.54) is 12.8 Å². The SMILES string of the molecule is CCn1c(Cn2cccn2)nnc1C1CCN(CCN2CCOCC2)CC1. The number of nitrogens with zero attached hydrogens (tertiary/aromatic N) is 7. The lowest BCUT2D eigenvalue weighted by atomic mass is 9.96. The summed E-state index contributed by atoms with van der Waals surface area (Å²) in [6.07, 6.45) is 6.12. The third-order valence-electron chi connectivity index (χ3n) is 5.82. The van der Waals surface area contributed by atoms with Gasteiger partial charge in [-0.3, -0.25) is 9.58 Å². The minimum Gasteiger partial charge on any atom is -0.379 e. The van der Waals surface area contributed by atoms with Crippen LogP contribution in [0.4, 0.5) is 0 Å². The van der Waals surface area contributed by atoms with Gasteiger partial charge < -0.3 is 14.2 Å². The number of hydrogen-bond acceptors (Lipinski definition) is 6. The molecule has 2 aliphatic rings. The molecule has 0 atom stereocenters. The summed E-state index contributed by atoms with van der Waals surface area (Å²) in [6.45, 7) is 12.3. The molecule has 0 aromatic carbocycles. The predicted molar refractivity (Wildman–Crippen MR) is 103 cm³/mol. The minimum absolute atomic E-state index is 0.517. The topological polar surface area (TPSA) is 64.2 Å². The number of ether oxygens (including phenoxy) is 1. The zero-order chi connectivity index (χ0) is 18.5. The first-order valence-corrected chi connectivity index (χ1v) is 10.3. The molecule has 0 aliphatic carbocycles. The van der Waals surface area contributed by atoms with Gasteiger partial charge in [-0.05, 0) is 38.9 Å². The van der Waals surface area contributed by atoms with Crippen LogP contribution in [0.1, 0.15) is 37.3 Å². The Morgan fingerprint density at radius 1 is 1.04 bits per heavy atom. The van der Waals surface area contributed by atoms with Crippen molar-refractivity contribution in [1.82, 2.24) is 34.3 Å². The molecule has 2 aromatic rings. The van der Waals surface area contributed by atoms with E-state index in [1.807, 2.05) is 16.9 Å². The molecule has 148 valence electrons. The zero-order valence-corrected chi connectivity index (χ0v) is 16.3. The number of morpholine rings is 1. The molecule has 0 bridgehead atoms. The fourth-order valence-corrected chi connectivity index (χ4v) is 4.17. The molecule has 0 radical (unpaired) electrons. The van der Waals surface area contributed by atoms with Crippen LogP contribution in [0, 0.1) is 0 Å². The lowest BCUT2D eigenvalue weighted by Gasteiger charge is -2.34. The molecule has 2 fully saturated rings. The maximum atomic E-state index is 5.44. The van der Waals surface area contributed by atoms with E-state index in [9.17, 15) is 0 Å². The molecule has 0 saturated carbocycles. The summed E-state index contributed by atoms with van der Waals surface area (Å²) in [7, 11) is 0. The first-order chi connectivity index (χ1) is 13.3. The van der Waals surface area contributed by atoms with Gasteiger partial charge in [-0.25, -0.2) is 0 Å². The maximum Gasteiger partial charge on any atom is 0.154 e. The van der Waals surface area contributed by atoms with Gasteiger partial charge in [-0.15, -0.1) is 10.2 Å². The molecule has 2 saturated heterocycles. The quantitative estimate of drug-likeness (QED) is 0.723. The third-order valence-corrected chi connectivity index (χ3v) is 5.82. The molecule has 0 N–H and O–H groups in total.